The number of aromatic nitrogens is 2. The smallest absolute Gasteiger partial charge is 0.163 e. The Bertz CT molecular complexity index is 546. The number of benzene rings is 1. The van der Waals surface area contributed by atoms with Gasteiger partial charge in [-0.3, -0.25) is 4.79 Å². The van der Waals surface area contributed by atoms with Crippen LogP contribution in [0.4, 0.5) is 4.39 Å². The molecule has 0 saturated heterocycles. The molecule has 0 bridgehead atoms. The molecule has 2 aromatic rings. The van der Waals surface area contributed by atoms with Crippen LogP contribution in [0.1, 0.15) is 23.0 Å². The van der Waals surface area contributed by atoms with E-state index in [4.69, 9.17) is 0 Å². The standard InChI is InChI=1S/C12H11FN2O/c1-8-12(9(2)16)7-14-15(8)11-5-3-4-10(13)6-11/h3-7H,1-2H3. The van der Waals surface area contributed by atoms with Crippen molar-refractivity contribution in [2.24, 2.45) is 0 Å². The summed E-state index contributed by atoms with van der Waals surface area (Å²) in [4.78, 5) is 11.3. The van der Waals surface area contributed by atoms with Gasteiger partial charge in [0.05, 0.1) is 23.1 Å². The molecule has 82 valence electrons. The van der Waals surface area contributed by atoms with Gasteiger partial charge in [-0.05, 0) is 32.0 Å². The molecular formula is C12H11FN2O. The van der Waals surface area contributed by atoms with Crippen molar-refractivity contribution in [2.45, 2.75) is 13.8 Å². The Morgan fingerprint density at radius 2 is 2.19 bits per heavy atom. The van der Waals surface area contributed by atoms with Crippen LogP contribution < -0.4 is 0 Å². The number of nitrogens with zero attached hydrogens (tertiary/aromatic N) is 2. The van der Waals surface area contributed by atoms with E-state index in [2.05, 4.69) is 5.10 Å². The Balaban J connectivity index is 2.53. The predicted molar refractivity (Wildman–Crippen MR) is 58.3 cm³/mol. The molecule has 0 aliphatic carbocycles. The number of halogens is 1. The Morgan fingerprint density at radius 1 is 1.44 bits per heavy atom. The minimum atomic E-state index is -0.322. The van der Waals surface area contributed by atoms with Gasteiger partial charge >= 0.3 is 0 Å². The zero-order valence-corrected chi connectivity index (χ0v) is 9.07. The van der Waals surface area contributed by atoms with Crippen LogP contribution in [-0.2, 0) is 0 Å². The lowest BCUT2D eigenvalue weighted by atomic mass is 10.2. The molecule has 0 N–H and O–H groups in total. The van der Waals surface area contributed by atoms with Crippen molar-refractivity contribution in [2.75, 3.05) is 0 Å². The first-order valence-corrected chi connectivity index (χ1v) is 4.91. The highest BCUT2D eigenvalue weighted by molar-refractivity contribution is 5.95. The molecule has 0 radical (unpaired) electrons. The summed E-state index contributed by atoms with van der Waals surface area (Å²) in [5.41, 5.74) is 1.90. The number of ketones is 1. The fourth-order valence-electron chi connectivity index (χ4n) is 1.62. The molecule has 1 aromatic carbocycles. The zero-order chi connectivity index (χ0) is 11.7. The molecule has 1 heterocycles. The molecule has 0 saturated carbocycles. The second-order valence-electron chi connectivity index (χ2n) is 3.59. The predicted octanol–water partition coefficient (Wildman–Crippen LogP) is 2.52. The van der Waals surface area contributed by atoms with Gasteiger partial charge in [-0.1, -0.05) is 6.07 Å². The first-order chi connectivity index (χ1) is 7.59. The van der Waals surface area contributed by atoms with Crippen LogP contribution in [0.5, 0.6) is 0 Å². The zero-order valence-electron chi connectivity index (χ0n) is 9.07. The largest absolute Gasteiger partial charge is 0.294 e. The third-order valence-corrected chi connectivity index (χ3v) is 2.44. The van der Waals surface area contributed by atoms with E-state index in [1.54, 1.807) is 23.7 Å². The molecule has 16 heavy (non-hydrogen) atoms. The second-order valence-corrected chi connectivity index (χ2v) is 3.59. The topological polar surface area (TPSA) is 34.9 Å². The molecule has 2 rings (SSSR count). The molecule has 0 unspecified atom stereocenters. The van der Waals surface area contributed by atoms with Gasteiger partial charge in [-0.25, -0.2) is 9.07 Å². The summed E-state index contributed by atoms with van der Waals surface area (Å²) < 4.78 is 14.6. The molecule has 0 fully saturated rings. The number of carbonyl (C=O) groups is 1. The van der Waals surface area contributed by atoms with E-state index in [-0.39, 0.29) is 11.6 Å². The van der Waals surface area contributed by atoms with Gasteiger partial charge < -0.3 is 0 Å². The summed E-state index contributed by atoms with van der Waals surface area (Å²) in [6.45, 7) is 3.27. The van der Waals surface area contributed by atoms with Gasteiger partial charge in [-0.15, -0.1) is 0 Å². The van der Waals surface area contributed by atoms with Crippen molar-refractivity contribution in [3.63, 3.8) is 0 Å². The summed E-state index contributed by atoms with van der Waals surface area (Å²) in [7, 11) is 0. The minimum Gasteiger partial charge on any atom is -0.294 e. The van der Waals surface area contributed by atoms with E-state index in [1.165, 1.54) is 25.3 Å². The molecule has 0 spiro atoms. The molecule has 0 atom stereocenters. The number of hydrogen-bond donors (Lipinski definition) is 0. The summed E-state index contributed by atoms with van der Waals surface area (Å²) in [6, 6.07) is 6.10. The Hall–Kier alpha value is -1.97. The van der Waals surface area contributed by atoms with Gasteiger partial charge in [0, 0.05) is 0 Å². The third kappa shape index (κ3) is 1.74. The van der Waals surface area contributed by atoms with Gasteiger partial charge in [-0.2, -0.15) is 5.10 Å². The summed E-state index contributed by atoms with van der Waals surface area (Å²) in [5, 5.41) is 4.08. The molecule has 0 aliphatic heterocycles. The van der Waals surface area contributed by atoms with E-state index in [0.717, 1.165) is 5.69 Å². The van der Waals surface area contributed by atoms with Crippen LogP contribution in [0.2, 0.25) is 0 Å². The van der Waals surface area contributed by atoms with E-state index < -0.39 is 0 Å². The van der Waals surface area contributed by atoms with Crippen LogP contribution in [0.25, 0.3) is 5.69 Å². The summed E-state index contributed by atoms with van der Waals surface area (Å²) >= 11 is 0. The van der Waals surface area contributed by atoms with Crippen LogP contribution in [-0.4, -0.2) is 15.6 Å². The Kier molecular flexibility index (Phi) is 2.56. The van der Waals surface area contributed by atoms with E-state index >= 15 is 0 Å². The molecule has 3 nitrogen and oxygen atoms in total. The van der Waals surface area contributed by atoms with Crippen molar-refractivity contribution in [1.82, 2.24) is 9.78 Å². The highest BCUT2D eigenvalue weighted by atomic mass is 19.1. The van der Waals surface area contributed by atoms with Gasteiger partial charge in [0.1, 0.15) is 5.82 Å². The lowest BCUT2D eigenvalue weighted by molar-refractivity contribution is 0.101. The first kappa shape index (κ1) is 10.5. The Morgan fingerprint density at radius 3 is 2.75 bits per heavy atom. The highest BCUT2D eigenvalue weighted by Gasteiger charge is 2.11. The molecule has 0 aliphatic rings. The van der Waals surface area contributed by atoms with Crippen molar-refractivity contribution < 1.29 is 9.18 Å². The molecular weight excluding hydrogens is 207 g/mol. The lowest BCUT2D eigenvalue weighted by Gasteiger charge is -2.04. The third-order valence-electron chi connectivity index (χ3n) is 2.44. The van der Waals surface area contributed by atoms with Crippen molar-refractivity contribution in [1.29, 1.82) is 0 Å². The van der Waals surface area contributed by atoms with Gasteiger partial charge in [0.2, 0.25) is 0 Å². The van der Waals surface area contributed by atoms with Crippen molar-refractivity contribution >= 4 is 5.78 Å². The van der Waals surface area contributed by atoms with Crippen LogP contribution in [0.15, 0.2) is 30.5 Å². The fraction of sp³-hybridized carbons (Fsp3) is 0.167. The van der Waals surface area contributed by atoms with E-state index in [0.29, 0.717) is 11.3 Å². The molecule has 0 amide bonds. The van der Waals surface area contributed by atoms with Crippen molar-refractivity contribution in [3.8, 4) is 5.69 Å². The maximum Gasteiger partial charge on any atom is 0.163 e. The maximum atomic E-state index is 13.0. The lowest BCUT2D eigenvalue weighted by Crippen LogP contribution is -2.01. The quantitative estimate of drug-likeness (QED) is 0.726. The van der Waals surface area contributed by atoms with Gasteiger partial charge in [0.25, 0.3) is 0 Å². The normalized spacial score (nSPS) is 10.4. The van der Waals surface area contributed by atoms with Crippen molar-refractivity contribution in [3.05, 3.63) is 47.5 Å². The van der Waals surface area contributed by atoms with Crippen LogP contribution >= 0.6 is 0 Å². The minimum absolute atomic E-state index is 0.0415. The summed E-state index contributed by atoms with van der Waals surface area (Å²) in [5.74, 6) is -0.364. The number of rotatable bonds is 2. The molecule has 4 heteroatoms. The van der Waals surface area contributed by atoms with E-state index in [1.807, 2.05) is 0 Å². The highest BCUT2D eigenvalue weighted by Crippen LogP contribution is 2.15. The average Bonchev–Trinajstić information content (AvgIpc) is 2.60. The number of Topliss-reactive ketones (excluding diaryl/α,β-unsaturated/α-hetero) is 1. The second kappa shape index (κ2) is 3.89. The molecule has 1 aromatic heterocycles. The SMILES string of the molecule is CC(=O)c1cnn(-c2cccc(F)c2)c1C. The fourth-order valence-corrected chi connectivity index (χ4v) is 1.62. The summed E-state index contributed by atoms with van der Waals surface area (Å²) in [6.07, 6.45) is 1.50. The first-order valence-electron chi connectivity index (χ1n) is 4.91. The van der Waals surface area contributed by atoms with Crippen LogP contribution in [0.3, 0.4) is 0 Å². The van der Waals surface area contributed by atoms with Crippen LogP contribution in [0, 0.1) is 12.7 Å². The van der Waals surface area contributed by atoms with E-state index in [9.17, 15) is 9.18 Å². The number of hydrogen-bond acceptors (Lipinski definition) is 2. The van der Waals surface area contributed by atoms with Gasteiger partial charge in [0.15, 0.2) is 5.78 Å². The number of carbonyl (C=O) groups excluding carboxylic acids is 1. The maximum absolute atomic E-state index is 13.0. The average molecular weight is 218 g/mol. The monoisotopic (exact) mass is 218 g/mol. The Labute approximate surface area is 92.5 Å².